The number of nitrogens with zero attached hydrogens (tertiary/aromatic N) is 1. The van der Waals surface area contributed by atoms with Gasteiger partial charge in [0.25, 0.3) is 0 Å². The Kier molecular flexibility index (Phi) is 5.52. The fourth-order valence-electron chi connectivity index (χ4n) is 1.80. The van der Waals surface area contributed by atoms with Crippen molar-refractivity contribution in [1.29, 1.82) is 5.26 Å². The monoisotopic (exact) mass is 283 g/mol. The fourth-order valence-corrected chi connectivity index (χ4v) is 2.76. The van der Waals surface area contributed by atoms with E-state index in [4.69, 9.17) is 10.00 Å². The Morgan fingerprint density at radius 2 is 2.00 bits per heavy atom. The quantitative estimate of drug-likeness (QED) is 0.581. The minimum Gasteiger partial charge on any atom is -0.494 e. The average molecular weight is 283 g/mol. The molecule has 0 aliphatic heterocycles. The van der Waals surface area contributed by atoms with E-state index in [1.165, 1.54) is 10.5 Å². The Morgan fingerprint density at radius 3 is 2.80 bits per heavy atom. The summed E-state index contributed by atoms with van der Waals surface area (Å²) < 4.78 is 5.65. The van der Waals surface area contributed by atoms with E-state index in [1.54, 1.807) is 12.1 Å². The maximum atomic E-state index is 8.81. The van der Waals surface area contributed by atoms with Crippen LogP contribution in [0.1, 0.15) is 17.5 Å². The predicted octanol–water partition coefficient (Wildman–Crippen LogP) is 4.43. The highest BCUT2D eigenvalue weighted by Gasteiger charge is 1.99. The van der Waals surface area contributed by atoms with Crippen LogP contribution >= 0.6 is 11.8 Å². The number of aryl methyl sites for hydroxylation is 1. The first-order chi connectivity index (χ1) is 9.79. The van der Waals surface area contributed by atoms with Crippen molar-refractivity contribution >= 4 is 11.8 Å². The highest BCUT2D eigenvalue weighted by Crippen LogP contribution is 2.22. The molecular formula is C17H17NOS. The van der Waals surface area contributed by atoms with Gasteiger partial charge in [-0.15, -0.1) is 11.8 Å². The second kappa shape index (κ2) is 7.62. The number of nitriles is 1. The fraction of sp³-hybridized carbons (Fsp3) is 0.235. The van der Waals surface area contributed by atoms with Crippen LogP contribution in [0.4, 0.5) is 0 Å². The van der Waals surface area contributed by atoms with Crippen molar-refractivity contribution in [2.45, 2.75) is 18.2 Å². The first-order valence-electron chi connectivity index (χ1n) is 6.61. The second-order valence-electron chi connectivity index (χ2n) is 4.46. The molecule has 0 saturated heterocycles. The summed E-state index contributed by atoms with van der Waals surface area (Å²) in [7, 11) is 0. The Bertz CT molecular complexity index is 604. The molecule has 0 bridgehead atoms. The molecule has 0 aliphatic rings. The molecule has 2 aromatic rings. The third-order valence-corrected chi connectivity index (χ3v) is 4.13. The van der Waals surface area contributed by atoms with Crippen molar-refractivity contribution in [3.63, 3.8) is 0 Å². The number of rotatable bonds is 6. The molecule has 0 radical (unpaired) electrons. The number of thioether (sulfide) groups is 1. The van der Waals surface area contributed by atoms with E-state index in [9.17, 15) is 0 Å². The molecule has 102 valence electrons. The zero-order valence-corrected chi connectivity index (χ0v) is 12.3. The molecule has 0 fully saturated rings. The summed E-state index contributed by atoms with van der Waals surface area (Å²) in [5.41, 5.74) is 1.96. The van der Waals surface area contributed by atoms with E-state index in [0.29, 0.717) is 12.2 Å². The minimum absolute atomic E-state index is 0.636. The van der Waals surface area contributed by atoms with E-state index < -0.39 is 0 Å². The van der Waals surface area contributed by atoms with Crippen LogP contribution in [0.2, 0.25) is 0 Å². The van der Waals surface area contributed by atoms with Crippen LogP contribution in [0.5, 0.6) is 5.75 Å². The molecule has 2 nitrogen and oxygen atoms in total. The molecule has 0 aliphatic carbocycles. The van der Waals surface area contributed by atoms with Crippen LogP contribution in [0, 0.1) is 18.3 Å². The molecule has 0 saturated carbocycles. The maximum absolute atomic E-state index is 8.81. The standard InChI is InChI=1S/C17H17NOS/c1-14-6-2-3-9-17(14)20-11-5-10-19-16-8-4-7-15(12-16)13-18/h2-4,6-9,12H,5,10-11H2,1H3. The third kappa shape index (κ3) is 4.32. The summed E-state index contributed by atoms with van der Waals surface area (Å²) in [5, 5.41) is 8.81. The Hall–Kier alpha value is -1.92. The molecule has 0 amide bonds. The minimum atomic E-state index is 0.636. The molecule has 0 heterocycles. The first kappa shape index (κ1) is 14.5. The molecule has 2 aromatic carbocycles. The van der Waals surface area contributed by atoms with Gasteiger partial charge in [-0.05, 0) is 43.2 Å². The van der Waals surface area contributed by atoms with Gasteiger partial charge in [0.05, 0.1) is 18.2 Å². The normalized spacial score (nSPS) is 10.0. The van der Waals surface area contributed by atoms with Gasteiger partial charge in [-0.2, -0.15) is 5.26 Å². The Morgan fingerprint density at radius 1 is 1.15 bits per heavy atom. The number of benzene rings is 2. The van der Waals surface area contributed by atoms with Gasteiger partial charge in [0.2, 0.25) is 0 Å². The van der Waals surface area contributed by atoms with Gasteiger partial charge >= 0.3 is 0 Å². The van der Waals surface area contributed by atoms with Crippen LogP contribution in [-0.2, 0) is 0 Å². The maximum Gasteiger partial charge on any atom is 0.120 e. The topological polar surface area (TPSA) is 33.0 Å². The number of ether oxygens (including phenoxy) is 1. The van der Waals surface area contributed by atoms with Gasteiger partial charge in [0.15, 0.2) is 0 Å². The van der Waals surface area contributed by atoms with Gasteiger partial charge in [-0.25, -0.2) is 0 Å². The molecular weight excluding hydrogens is 266 g/mol. The highest BCUT2D eigenvalue weighted by molar-refractivity contribution is 7.99. The Labute approximate surface area is 124 Å². The summed E-state index contributed by atoms with van der Waals surface area (Å²) in [6.07, 6.45) is 0.982. The molecule has 0 spiro atoms. The summed E-state index contributed by atoms with van der Waals surface area (Å²) in [5.74, 6) is 1.80. The predicted molar refractivity (Wildman–Crippen MR) is 83.2 cm³/mol. The lowest BCUT2D eigenvalue weighted by Crippen LogP contribution is -1.99. The first-order valence-corrected chi connectivity index (χ1v) is 7.59. The van der Waals surface area contributed by atoms with E-state index in [2.05, 4.69) is 37.3 Å². The van der Waals surface area contributed by atoms with E-state index >= 15 is 0 Å². The van der Waals surface area contributed by atoms with Crippen molar-refractivity contribution in [2.75, 3.05) is 12.4 Å². The van der Waals surface area contributed by atoms with Gasteiger partial charge in [0.1, 0.15) is 5.75 Å². The molecule has 20 heavy (non-hydrogen) atoms. The molecule has 0 unspecified atom stereocenters. The van der Waals surface area contributed by atoms with Crippen molar-refractivity contribution < 1.29 is 4.74 Å². The second-order valence-corrected chi connectivity index (χ2v) is 5.59. The molecule has 0 aromatic heterocycles. The third-order valence-electron chi connectivity index (χ3n) is 2.87. The smallest absolute Gasteiger partial charge is 0.120 e. The van der Waals surface area contributed by atoms with Crippen LogP contribution in [0.25, 0.3) is 0 Å². The lowest BCUT2D eigenvalue weighted by molar-refractivity contribution is 0.318. The zero-order valence-electron chi connectivity index (χ0n) is 11.5. The average Bonchev–Trinajstić information content (AvgIpc) is 2.49. The molecule has 0 atom stereocenters. The molecule has 0 N–H and O–H groups in total. The lowest BCUT2D eigenvalue weighted by Gasteiger charge is -2.07. The largest absolute Gasteiger partial charge is 0.494 e. The van der Waals surface area contributed by atoms with Gasteiger partial charge in [-0.1, -0.05) is 24.3 Å². The summed E-state index contributed by atoms with van der Waals surface area (Å²) in [6, 6.07) is 17.8. The van der Waals surface area contributed by atoms with Crippen molar-refractivity contribution in [2.24, 2.45) is 0 Å². The summed E-state index contributed by atoms with van der Waals surface area (Å²) >= 11 is 1.86. The van der Waals surface area contributed by atoms with E-state index in [0.717, 1.165) is 17.9 Å². The van der Waals surface area contributed by atoms with Crippen LogP contribution in [-0.4, -0.2) is 12.4 Å². The van der Waals surface area contributed by atoms with E-state index in [-0.39, 0.29) is 0 Å². The van der Waals surface area contributed by atoms with E-state index in [1.807, 2.05) is 23.9 Å². The number of hydrogen-bond acceptors (Lipinski definition) is 3. The Balaban J connectivity index is 1.72. The van der Waals surface area contributed by atoms with Crippen LogP contribution < -0.4 is 4.74 Å². The van der Waals surface area contributed by atoms with Crippen molar-refractivity contribution in [3.05, 3.63) is 59.7 Å². The molecule has 2 rings (SSSR count). The summed E-state index contributed by atoms with van der Waals surface area (Å²) in [4.78, 5) is 1.33. The van der Waals surface area contributed by atoms with Gasteiger partial charge < -0.3 is 4.74 Å². The van der Waals surface area contributed by atoms with Crippen molar-refractivity contribution in [1.82, 2.24) is 0 Å². The highest BCUT2D eigenvalue weighted by atomic mass is 32.2. The van der Waals surface area contributed by atoms with Gasteiger partial charge in [0, 0.05) is 10.6 Å². The van der Waals surface area contributed by atoms with Gasteiger partial charge in [-0.3, -0.25) is 0 Å². The van der Waals surface area contributed by atoms with Crippen LogP contribution in [0.15, 0.2) is 53.4 Å². The number of hydrogen-bond donors (Lipinski definition) is 0. The van der Waals surface area contributed by atoms with Crippen LogP contribution in [0.3, 0.4) is 0 Å². The lowest BCUT2D eigenvalue weighted by atomic mass is 10.2. The molecule has 3 heteroatoms. The summed E-state index contributed by atoms with van der Waals surface area (Å²) in [6.45, 7) is 2.81. The van der Waals surface area contributed by atoms with Crippen molar-refractivity contribution in [3.8, 4) is 11.8 Å². The SMILES string of the molecule is Cc1ccccc1SCCCOc1cccc(C#N)c1. The zero-order chi connectivity index (χ0) is 14.2.